The Labute approximate surface area is 97.9 Å². The molecule has 16 heavy (non-hydrogen) atoms. The summed E-state index contributed by atoms with van der Waals surface area (Å²) in [5, 5.41) is 8.95. The molecule has 0 bridgehead atoms. The van der Waals surface area contributed by atoms with E-state index in [1.165, 1.54) is 31.2 Å². The number of ether oxygens (including phenoxy) is 1. The molecule has 0 spiro atoms. The monoisotopic (exact) mass is 217 g/mol. The minimum absolute atomic E-state index is 0.635. The van der Waals surface area contributed by atoms with E-state index < -0.39 is 0 Å². The minimum Gasteiger partial charge on any atom is -0.495 e. The first-order chi connectivity index (χ1) is 7.81. The van der Waals surface area contributed by atoms with Crippen LogP contribution < -0.4 is 4.74 Å². The van der Waals surface area contributed by atoms with Crippen LogP contribution in [0.2, 0.25) is 0 Å². The van der Waals surface area contributed by atoms with Crippen LogP contribution in [0.25, 0.3) is 0 Å². The Bertz CT molecular complexity index is 365. The normalized spacial score (nSPS) is 9.81. The number of methoxy groups -OCH3 is 1. The molecule has 0 saturated heterocycles. The van der Waals surface area contributed by atoms with Gasteiger partial charge in [-0.05, 0) is 30.5 Å². The lowest BCUT2D eigenvalue weighted by atomic mass is 10.0. The molecule has 1 rings (SSSR count). The smallest absolute Gasteiger partial charge is 0.136 e. The third kappa shape index (κ3) is 3.58. The Morgan fingerprint density at radius 3 is 2.69 bits per heavy atom. The second kappa shape index (κ2) is 6.90. The van der Waals surface area contributed by atoms with Gasteiger partial charge in [0.1, 0.15) is 11.8 Å². The first-order valence-electron chi connectivity index (χ1n) is 5.88. The summed E-state index contributed by atoms with van der Waals surface area (Å²) in [4.78, 5) is 0. The molecule has 1 aromatic rings. The lowest BCUT2D eigenvalue weighted by Crippen LogP contribution is -1.91. The van der Waals surface area contributed by atoms with Crippen molar-refractivity contribution in [2.24, 2.45) is 0 Å². The summed E-state index contributed by atoms with van der Waals surface area (Å²) in [6.07, 6.45) is 6.07. The van der Waals surface area contributed by atoms with Crippen LogP contribution in [-0.2, 0) is 6.42 Å². The third-order valence-corrected chi connectivity index (χ3v) is 2.70. The molecule has 0 N–H and O–H groups in total. The molecular formula is C14H19NO. The molecule has 2 heteroatoms. The van der Waals surface area contributed by atoms with Crippen molar-refractivity contribution in [2.45, 2.75) is 39.0 Å². The summed E-state index contributed by atoms with van der Waals surface area (Å²) >= 11 is 0. The van der Waals surface area contributed by atoms with E-state index in [0.717, 1.165) is 6.42 Å². The number of hydrogen-bond acceptors (Lipinski definition) is 2. The van der Waals surface area contributed by atoms with Gasteiger partial charge < -0.3 is 4.74 Å². The predicted octanol–water partition coefficient (Wildman–Crippen LogP) is 3.69. The molecular weight excluding hydrogens is 198 g/mol. The quantitative estimate of drug-likeness (QED) is 0.681. The maximum absolute atomic E-state index is 8.95. The van der Waals surface area contributed by atoms with E-state index in [2.05, 4.69) is 13.0 Å². The first kappa shape index (κ1) is 12.6. The summed E-state index contributed by atoms with van der Waals surface area (Å²) in [6.45, 7) is 2.21. The zero-order valence-corrected chi connectivity index (χ0v) is 10.1. The molecule has 0 aliphatic rings. The zero-order valence-electron chi connectivity index (χ0n) is 10.1. The van der Waals surface area contributed by atoms with Gasteiger partial charge in [-0.15, -0.1) is 0 Å². The molecule has 0 aliphatic carbocycles. The number of unbranched alkanes of at least 4 members (excludes halogenated alkanes) is 3. The lowest BCUT2D eigenvalue weighted by molar-refractivity contribution is 0.413. The van der Waals surface area contributed by atoms with E-state index in [1.54, 1.807) is 7.11 Å². The Hall–Kier alpha value is -1.49. The van der Waals surface area contributed by atoms with Gasteiger partial charge >= 0.3 is 0 Å². The van der Waals surface area contributed by atoms with Crippen LogP contribution >= 0.6 is 0 Å². The molecule has 0 amide bonds. The van der Waals surface area contributed by atoms with Gasteiger partial charge in [0.15, 0.2) is 0 Å². The number of rotatable bonds is 6. The fraction of sp³-hybridized carbons (Fsp3) is 0.500. The van der Waals surface area contributed by atoms with Gasteiger partial charge in [0.25, 0.3) is 0 Å². The molecule has 0 fully saturated rings. The highest BCUT2D eigenvalue weighted by Crippen LogP contribution is 2.20. The van der Waals surface area contributed by atoms with Crippen LogP contribution in [0.3, 0.4) is 0 Å². The second-order valence-electron chi connectivity index (χ2n) is 3.96. The minimum atomic E-state index is 0.635. The molecule has 0 aliphatic heterocycles. The Morgan fingerprint density at radius 1 is 1.25 bits per heavy atom. The van der Waals surface area contributed by atoms with E-state index in [1.807, 2.05) is 18.2 Å². The summed E-state index contributed by atoms with van der Waals surface area (Å²) < 4.78 is 5.11. The average Bonchev–Trinajstić information content (AvgIpc) is 2.34. The van der Waals surface area contributed by atoms with Crippen molar-refractivity contribution in [2.75, 3.05) is 7.11 Å². The van der Waals surface area contributed by atoms with Gasteiger partial charge in [0, 0.05) is 0 Å². The van der Waals surface area contributed by atoms with E-state index in [9.17, 15) is 0 Å². The van der Waals surface area contributed by atoms with Crippen LogP contribution in [0.1, 0.15) is 43.7 Å². The molecule has 0 unspecified atom stereocenters. The van der Waals surface area contributed by atoms with E-state index in [4.69, 9.17) is 10.00 Å². The van der Waals surface area contributed by atoms with Crippen molar-refractivity contribution in [3.8, 4) is 11.8 Å². The van der Waals surface area contributed by atoms with Gasteiger partial charge in [-0.25, -0.2) is 0 Å². The molecule has 0 radical (unpaired) electrons. The molecule has 0 aromatic heterocycles. The topological polar surface area (TPSA) is 33.0 Å². The van der Waals surface area contributed by atoms with Crippen molar-refractivity contribution in [1.82, 2.24) is 0 Å². The van der Waals surface area contributed by atoms with E-state index in [0.29, 0.717) is 11.3 Å². The SMILES string of the molecule is CCCCCCc1ccc(OC)c(C#N)c1. The fourth-order valence-electron chi connectivity index (χ4n) is 1.75. The number of aryl methyl sites for hydroxylation is 1. The highest BCUT2D eigenvalue weighted by Gasteiger charge is 2.03. The molecule has 1 aromatic carbocycles. The van der Waals surface area contributed by atoms with Crippen molar-refractivity contribution in [1.29, 1.82) is 5.26 Å². The number of hydrogen-bond donors (Lipinski definition) is 0. The van der Waals surface area contributed by atoms with Gasteiger partial charge in [-0.3, -0.25) is 0 Å². The first-order valence-corrected chi connectivity index (χ1v) is 5.88. The summed E-state index contributed by atoms with van der Waals surface area (Å²) in [5.41, 5.74) is 1.86. The summed E-state index contributed by atoms with van der Waals surface area (Å²) in [7, 11) is 1.59. The summed E-state index contributed by atoms with van der Waals surface area (Å²) in [5.74, 6) is 0.666. The lowest BCUT2D eigenvalue weighted by Gasteiger charge is -2.05. The van der Waals surface area contributed by atoms with Crippen molar-refractivity contribution in [3.05, 3.63) is 29.3 Å². The molecule has 0 heterocycles. The van der Waals surface area contributed by atoms with Crippen LogP contribution in [0, 0.1) is 11.3 Å². The van der Waals surface area contributed by atoms with Gasteiger partial charge in [0.2, 0.25) is 0 Å². The van der Waals surface area contributed by atoms with Gasteiger partial charge in [-0.2, -0.15) is 5.26 Å². The molecule has 86 valence electrons. The molecule has 0 atom stereocenters. The van der Waals surface area contributed by atoms with Crippen molar-refractivity contribution >= 4 is 0 Å². The van der Waals surface area contributed by atoms with Crippen molar-refractivity contribution in [3.63, 3.8) is 0 Å². The maximum atomic E-state index is 8.95. The fourth-order valence-corrected chi connectivity index (χ4v) is 1.75. The summed E-state index contributed by atoms with van der Waals surface area (Å²) in [6, 6.07) is 8.03. The predicted molar refractivity (Wildman–Crippen MR) is 65.6 cm³/mol. The van der Waals surface area contributed by atoms with Gasteiger partial charge in [-0.1, -0.05) is 32.3 Å². The second-order valence-corrected chi connectivity index (χ2v) is 3.96. The Kier molecular flexibility index (Phi) is 5.42. The van der Waals surface area contributed by atoms with Gasteiger partial charge in [0.05, 0.1) is 12.7 Å². The third-order valence-electron chi connectivity index (χ3n) is 2.70. The molecule has 2 nitrogen and oxygen atoms in total. The largest absolute Gasteiger partial charge is 0.495 e. The zero-order chi connectivity index (χ0) is 11.8. The highest BCUT2D eigenvalue weighted by molar-refractivity contribution is 5.45. The molecule has 0 saturated carbocycles. The number of benzene rings is 1. The maximum Gasteiger partial charge on any atom is 0.136 e. The van der Waals surface area contributed by atoms with E-state index >= 15 is 0 Å². The van der Waals surface area contributed by atoms with Crippen molar-refractivity contribution < 1.29 is 4.74 Å². The number of nitriles is 1. The van der Waals surface area contributed by atoms with Crippen LogP contribution in [0.5, 0.6) is 5.75 Å². The standard InChI is InChI=1S/C14H19NO/c1-3-4-5-6-7-12-8-9-14(16-2)13(10-12)11-15/h8-10H,3-7H2,1-2H3. The Balaban J connectivity index is 2.58. The highest BCUT2D eigenvalue weighted by atomic mass is 16.5. The Morgan fingerprint density at radius 2 is 2.06 bits per heavy atom. The average molecular weight is 217 g/mol. The van der Waals surface area contributed by atoms with Crippen LogP contribution in [0.15, 0.2) is 18.2 Å². The van der Waals surface area contributed by atoms with Crippen LogP contribution in [-0.4, -0.2) is 7.11 Å². The van der Waals surface area contributed by atoms with Crippen LogP contribution in [0.4, 0.5) is 0 Å². The number of nitrogens with zero attached hydrogens (tertiary/aromatic N) is 1. The van der Waals surface area contributed by atoms with E-state index in [-0.39, 0.29) is 0 Å².